The highest BCUT2D eigenvalue weighted by atomic mass is 79.9. The van der Waals surface area contributed by atoms with Gasteiger partial charge in [-0.05, 0) is 47.0 Å². The Bertz CT molecular complexity index is 384. The van der Waals surface area contributed by atoms with Crippen molar-refractivity contribution in [3.05, 3.63) is 27.1 Å². The largest absolute Gasteiger partial charge is 0.379 e. The second-order valence-electron chi connectivity index (χ2n) is 4.43. The van der Waals surface area contributed by atoms with Gasteiger partial charge in [0.05, 0.1) is 12.1 Å². The molecule has 2 unspecified atom stereocenters. The third-order valence-corrected chi connectivity index (χ3v) is 4.46. The molecule has 0 saturated heterocycles. The zero-order chi connectivity index (χ0) is 12.3. The van der Waals surface area contributed by atoms with Crippen molar-refractivity contribution in [1.82, 2.24) is 0 Å². The van der Waals surface area contributed by atoms with E-state index in [2.05, 4.69) is 49.3 Å². The highest BCUT2D eigenvalue weighted by Gasteiger charge is 2.25. The van der Waals surface area contributed by atoms with Crippen molar-refractivity contribution in [2.24, 2.45) is 0 Å². The van der Waals surface area contributed by atoms with Crippen LogP contribution in [0.3, 0.4) is 0 Å². The molecular formula is C13H17Br2NO. The third kappa shape index (κ3) is 3.46. The fourth-order valence-corrected chi connectivity index (χ4v) is 3.07. The van der Waals surface area contributed by atoms with Crippen LogP contribution in [0, 0.1) is 0 Å². The average molecular weight is 363 g/mol. The van der Waals surface area contributed by atoms with E-state index in [1.807, 2.05) is 6.07 Å². The summed E-state index contributed by atoms with van der Waals surface area (Å²) in [6.07, 6.45) is 5.21. The zero-order valence-corrected chi connectivity index (χ0v) is 13.1. The second-order valence-corrected chi connectivity index (χ2v) is 6.20. The predicted octanol–water partition coefficient (Wildman–Crippen LogP) is 4.58. The molecule has 4 heteroatoms. The SMILES string of the molecule is COC1CCCCC1Nc1cc(Br)ccc1Br. The molecule has 94 valence electrons. The normalized spacial score (nSPS) is 24.6. The second kappa shape index (κ2) is 6.21. The monoisotopic (exact) mass is 361 g/mol. The zero-order valence-electron chi connectivity index (χ0n) is 9.88. The van der Waals surface area contributed by atoms with Crippen LogP contribution in [0.15, 0.2) is 27.1 Å². The summed E-state index contributed by atoms with van der Waals surface area (Å²) in [7, 11) is 1.81. The lowest BCUT2D eigenvalue weighted by Crippen LogP contribution is -2.37. The summed E-state index contributed by atoms with van der Waals surface area (Å²) < 4.78 is 7.75. The summed E-state index contributed by atoms with van der Waals surface area (Å²) in [6, 6.07) is 6.60. The maximum atomic E-state index is 5.56. The van der Waals surface area contributed by atoms with Gasteiger partial charge in [-0.25, -0.2) is 0 Å². The first-order chi connectivity index (χ1) is 8.20. The highest BCUT2D eigenvalue weighted by Crippen LogP contribution is 2.30. The Morgan fingerprint density at radius 1 is 1.24 bits per heavy atom. The van der Waals surface area contributed by atoms with Gasteiger partial charge >= 0.3 is 0 Å². The molecule has 0 heterocycles. The van der Waals surface area contributed by atoms with Crippen LogP contribution in [0.2, 0.25) is 0 Å². The van der Waals surface area contributed by atoms with Gasteiger partial charge in [0.25, 0.3) is 0 Å². The fourth-order valence-electron chi connectivity index (χ4n) is 2.35. The van der Waals surface area contributed by atoms with Gasteiger partial charge in [-0.2, -0.15) is 0 Å². The van der Waals surface area contributed by atoms with Crippen molar-refractivity contribution < 1.29 is 4.74 Å². The van der Waals surface area contributed by atoms with E-state index in [0.29, 0.717) is 12.1 Å². The van der Waals surface area contributed by atoms with Crippen molar-refractivity contribution in [1.29, 1.82) is 0 Å². The quantitative estimate of drug-likeness (QED) is 0.849. The number of hydrogen-bond donors (Lipinski definition) is 1. The molecule has 1 aromatic rings. The van der Waals surface area contributed by atoms with Crippen LogP contribution in [-0.4, -0.2) is 19.3 Å². The Morgan fingerprint density at radius 2 is 2.00 bits per heavy atom. The number of anilines is 1. The first-order valence-electron chi connectivity index (χ1n) is 5.95. The Balaban J connectivity index is 2.10. The van der Waals surface area contributed by atoms with E-state index in [0.717, 1.165) is 21.1 Å². The smallest absolute Gasteiger partial charge is 0.0772 e. The molecule has 2 atom stereocenters. The Morgan fingerprint density at radius 3 is 2.76 bits per heavy atom. The van der Waals surface area contributed by atoms with Crippen molar-refractivity contribution in [3.8, 4) is 0 Å². The van der Waals surface area contributed by atoms with E-state index in [1.165, 1.54) is 19.3 Å². The van der Waals surface area contributed by atoms with Gasteiger partial charge in [-0.3, -0.25) is 0 Å². The minimum atomic E-state index is 0.328. The lowest BCUT2D eigenvalue weighted by atomic mass is 9.92. The van der Waals surface area contributed by atoms with Gasteiger partial charge in [0.2, 0.25) is 0 Å². The molecule has 1 N–H and O–H groups in total. The van der Waals surface area contributed by atoms with Crippen LogP contribution < -0.4 is 5.32 Å². The number of ether oxygens (including phenoxy) is 1. The number of nitrogens with one attached hydrogen (secondary N) is 1. The maximum Gasteiger partial charge on any atom is 0.0772 e. The van der Waals surface area contributed by atoms with E-state index in [1.54, 1.807) is 7.11 Å². The summed E-state index contributed by atoms with van der Waals surface area (Å²) >= 11 is 7.08. The van der Waals surface area contributed by atoms with Crippen LogP contribution in [0.4, 0.5) is 5.69 Å². The molecular weight excluding hydrogens is 346 g/mol. The van der Waals surface area contributed by atoms with E-state index >= 15 is 0 Å². The number of benzene rings is 1. The van der Waals surface area contributed by atoms with E-state index < -0.39 is 0 Å². The van der Waals surface area contributed by atoms with Crippen molar-refractivity contribution in [2.75, 3.05) is 12.4 Å². The van der Waals surface area contributed by atoms with Crippen molar-refractivity contribution in [2.45, 2.75) is 37.8 Å². The molecule has 1 aliphatic carbocycles. The molecule has 0 bridgehead atoms. The van der Waals surface area contributed by atoms with Gasteiger partial charge in [0.1, 0.15) is 0 Å². The summed E-state index contributed by atoms with van der Waals surface area (Å²) in [5, 5.41) is 3.59. The number of methoxy groups -OCH3 is 1. The summed E-state index contributed by atoms with van der Waals surface area (Å²) in [5.41, 5.74) is 1.13. The number of hydrogen-bond acceptors (Lipinski definition) is 2. The highest BCUT2D eigenvalue weighted by molar-refractivity contribution is 9.11. The van der Waals surface area contributed by atoms with Gasteiger partial charge in [0, 0.05) is 21.7 Å². The molecule has 0 amide bonds. The van der Waals surface area contributed by atoms with Crippen LogP contribution in [-0.2, 0) is 4.74 Å². The molecule has 2 nitrogen and oxygen atoms in total. The summed E-state index contributed by atoms with van der Waals surface area (Å²) in [6.45, 7) is 0. The fraction of sp³-hybridized carbons (Fsp3) is 0.538. The molecule has 2 rings (SSSR count). The van der Waals surface area contributed by atoms with Gasteiger partial charge in [0.15, 0.2) is 0 Å². The lowest BCUT2D eigenvalue weighted by Gasteiger charge is -2.32. The summed E-state index contributed by atoms with van der Waals surface area (Å²) in [4.78, 5) is 0. The first kappa shape index (κ1) is 13.4. The summed E-state index contributed by atoms with van der Waals surface area (Å²) in [5.74, 6) is 0. The van der Waals surface area contributed by atoms with E-state index in [-0.39, 0.29) is 0 Å². The first-order valence-corrected chi connectivity index (χ1v) is 7.53. The molecule has 17 heavy (non-hydrogen) atoms. The average Bonchev–Trinajstić information content (AvgIpc) is 2.34. The predicted molar refractivity (Wildman–Crippen MR) is 78.5 cm³/mol. The van der Waals surface area contributed by atoms with Crippen molar-refractivity contribution in [3.63, 3.8) is 0 Å². The minimum absolute atomic E-state index is 0.328. The molecule has 1 saturated carbocycles. The lowest BCUT2D eigenvalue weighted by molar-refractivity contribution is 0.0606. The van der Waals surface area contributed by atoms with Gasteiger partial charge < -0.3 is 10.1 Å². The van der Waals surface area contributed by atoms with Crippen LogP contribution in [0.1, 0.15) is 25.7 Å². The topological polar surface area (TPSA) is 21.3 Å². The molecule has 0 spiro atoms. The standard InChI is InChI=1S/C13H17Br2NO/c1-17-13-5-3-2-4-11(13)16-12-8-9(14)6-7-10(12)15/h6-8,11,13,16H,2-5H2,1H3. The Hall–Kier alpha value is -0.0600. The van der Waals surface area contributed by atoms with Crippen LogP contribution in [0.25, 0.3) is 0 Å². The maximum absolute atomic E-state index is 5.56. The molecule has 0 aliphatic heterocycles. The minimum Gasteiger partial charge on any atom is -0.379 e. The Labute approximate surface area is 119 Å². The Kier molecular flexibility index (Phi) is 4.88. The molecule has 1 fully saturated rings. The van der Waals surface area contributed by atoms with Gasteiger partial charge in [-0.15, -0.1) is 0 Å². The van der Waals surface area contributed by atoms with E-state index in [4.69, 9.17) is 4.74 Å². The van der Waals surface area contributed by atoms with Gasteiger partial charge in [-0.1, -0.05) is 28.8 Å². The third-order valence-electron chi connectivity index (χ3n) is 3.27. The molecule has 1 aromatic carbocycles. The number of halogens is 2. The molecule has 0 aromatic heterocycles. The van der Waals surface area contributed by atoms with E-state index in [9.17, 15) is 0 Å². The number of rotatable bonds is 3. The van der Waals surface area contributed by atoms with Crippen molar-refractivity contribution >= 4 is 37.5 Å². The van der Waals surface area contributed by atoms with Crippen LogP contribution in [0.5, 0.6) is 0 Å². The molecule has 1 aliphatic rings. The van der Waals surface area contributed by atoms with Crippen LogP contribution >= 0.6 is 31.9 Å². The molecule has 0 radical (unpaired) electrons.